The lowest BCUT2D eigenvalue weighted by Crippen LogP contribution is -2.12. The summed E-state index contributed by atoms with van der Waals surface area (Å²) in [6.45, 7) is 0. The lowest BCUT2D eigenvalue weighted by Gasteiger charge is -2.01. The number of carbonyl (C=O) groups is 2. The van der Waals surface area contributed by atoms with Gasteiger partial charge in [0.1, 0.15) is 5.69 Å². The quantitative estimate of drug-likeness (QED) is 0.775. The number of carboxylic acid groups (broad SMARTS) is 1. The lowest BCUT2D eigenvalue weighted by atomic mass is 10.2. The predicted molar refractivity (Wildman–Crippen MR) is 78.8 cm³/mol. The van der Waals surface area contributed by atoms with Gasteiger partial charge in [-0.1, -0.05) is 23.5 Å². The van der Waals surface area contributed by atoms with E-state index < -0.39 is 5.97 Å². The zero-order chi connectivity index (χ0) is 14.8. The Morgan fingerprint density at radius 1 is 1.14 bits per heavy atom. The van der Waals surface area contributed by atoms with Crippen LogP contribution in [-0.2, 0) is 0 Å². The molecule has 0 radical (unpaired) electrons. The Hall–Kier alpha value is -2.80. The van der Waals surface area contributed by atoms with Gasteiger partial charge in [0.15, 0.2) is 5.13 Å². The Morgan fingerprint density at radius 2 is 1.95 bits per heavy atom. The molecule has 2 heterocycles. The monoisotopic (exact) mass is 299 g/mol. The Labute approximate surface area is 123 Å². The number of thiazole rings is 1. The molecular weight excluding hydrogens is 290 g/mol. The molecule has 1 aromatic carbocycles. The maximum Gasteiger partial charge on any atom is 0.354 e. The summed E-state index contributed by atoms with van der Waals surface area (Å²) in [4.78, 5) is 30.7. The third-order valence-electron chi connectivity index (χ3n) is 2.76. The summed E-state index contributed by atoms with van der Waals surface area (Å²) in [6.07, 6.45) is 1.23. The van der Waals surface area contributed by atoms with E-state index in [1.54, 1.807) is 0 Å². The van der Waals surface area contributed by atoms with Gasteiger partial charge < -0.3 is 5.11 Å². The summed E-state index contributed by atoms with van der Waals surface area (Å²) in [5.41, 5.74) is 0.989. The van der Waals surface area contributed by atoms with Crippen molar-refractivity contribution < 1.29 is 14.7 Å². The van der Waals surface area contributed by atoms with Crippen LogP contribution >= 0.6 is 11.3 Å². The first-order valence-electron chi connectivity index (χ1n) is 6.00. The standard InChI is InChI=1S/C14H9N3O3S/c18-12(8-5-6-10(13(19)20)15-7-8)17-14-16-9-3-1-2-4-11(9)21-14/h1-7H,(H,19,20)(H,16,17,18). The highest BCUT2D eigenvalue weighted by molar-refractivity contribution is 7.22. The number of hydrogen-bond donors (Lipinski definition) is 2. The van der Waals surface area contributed by atoms with E-state index in [0.717, 1.165) is 10.2 Å². The van der Waals surface area contributed by atoms with Crippen molar-refractivity contribution in [3.8, 4) is 0 Å². The zero-order valence-electron chi connectivity index (χ0n) is 10.6. The smallest absolute Gasteiger partial charge is 0.354 e. The van der Waals surface area contributed by atoms with Gasteiger partial charge in [0.25, 0.3) is 5.91 Å². The molecule has 0 unspecified atom stereocenters. The fraction of sp³-hybridized carbons (Fsp3) is 0. The molecule has 1 amide bonds. The number of aromatic carboxylic acids is 1. The van der Waals surface area contributed by atoms with Gasteiger partial charge in [0.05, 0.1) is 15.8 Å². The largest absolute Gasteiger partial charge is 0.477 e. The second kappa shape index (κ2) is 5.29. The molecule has 0 atom stereocenters. The number of anilines is 1. The number of aromatic nitrogens is 2. The first-order chi connectivity index (χ1) is 10.1. The van der Waals surface area contributed by atoms with Crippen molar-refractivity contribution in [3.05, 3.63) is 53.9 Å². The van der Waals surface area contributed by atoms with Gasteiger partial charge >= 0.3 is 5.97 Å². The van der Waals surface area contributed by atoms with Crippen molar-refractivity contribution in [1.82, 2.24) is 9.97 Å². The van der Waals surface area contributed by atoms with Gasteiger partial charge in [-0.25, -0.2) is 14.8 Å². The number of amides is 1. The van der Waals surface area contributed by atoms with E-state index in [9.17, 15) is 9.59 Å². The molecule has 0 aliphatic carbocycles. The fourth-order valence-corrected chi connectivity index (χ4v) is 2.61. The Morgan fingerprint density at radius 3 is 2.62 bits per heavy atom. The molecule has 104 valence electrons. The van der Waals surface area contributed by atoms with Crippen LogP contribution in [0.1, 0.15) is 20.8 Å². The second-order valence-electron chi connectivity index (χ2n) is 4.18. The topological polar surface area (TPSA) is 92.2 Å². The number of carbonyl (C=O) groups excluding carboxylic acids is 1. The summed E-state index contributed by atoms with van der Waals surface area (Å²) in [6, 6.07) is 10.3. The third kappa shape index (κ3) is 2.72. The first kappa shape index (κ1) is 13.2. The second-order valence-corrected chi connectivity index (χ2v) is 5.21. The third-order valence-corrected chi connectivity index (χ3v) is 3.71. The first-order valence-corrected chi connectivity index (χ1v) is 6.81. The van der Waals surface area contributed by atoms with Crippen LogP contribution in [0, 0.1) is 0 Å². The average molecular weight is 299 g/mol. The Bertz CT molecular complexity index is 794. The van der Waals surface area contributed by atoms with Crippen molar-refractivity contribution in [1.29, 1.82) is 0 Å². The van der Waals surface area contributed by atoms with Crippen LogP contribution < -0.4 is 5.32 Å². The van der Waals surface area contributed by atoms with Crippen LogP contribution in [0.4, 0.5) is 5.13 Å². The number of fused-ring (bicyclic) bond motifs is 1. The molecule has 0 aliphatic heterocycles. The van der Waals surface area contributed by atoms with Gasteiger partial charge in [0, 0.05) is 6.20 Å². The van der Waals surface area contributed by atoms with E-state index in [4.69, 9.17) is 5.11 Å². The van der Waals surface area contributed by atoms with Crippen molar-refractivity contribution in [2.45, 2.75) is 0 Å². The predicted octanol–water partition coefficient (Wildman–Crippen LogP) is 2.64. The lowest BCUT2D eigenvalue weighted by molar-refractivity contribution is 0.0690. The number of carboxylic acids is 1. The van der Waals surface area contributed by atoms with Crippen molar-refractivity contribution in [2.75, 3.05) is 5.32 Å². The number of hydrogen-bond acceptors (Lipinski definition) is 5. The summed E-state index contributed by atoms with van der Waals surface area (Å²) < 4.78 is 0.979. The molecule has 21 heavy (non-hydrogen) atoms. The van der Waals surface area contributed by atoms with Gasteiger partial charge in [-0.15, -0.1) is 0 Å². The molecule has 6 nitrogen and oxygen atoms in total. The summed E-state index contributed by atoms with van der Waals surface area (Å²) in [5, 5.41) is 11.9. The zero-order valence-corrected chi connectivity index (χ0v) is 11.4. The van der Waals surface area contributed by atoms with Crippen LogP contribution in [0.25, 0.3) is 10.2 Å². The normalized spacial score (nSPS) is 10.5. The van der Waals surface area contributed by atoms with E-state index in [1.807, 2.05) is 24.3 Å². The van der Waals surface area contributed by atoms with Crippen LogP contribution in [0.3, 0.4) is 0 Å². The van der Waals surface area contributed by atoms with Crippen molar-refractivity contribution in [2.24, 2.45) is 0 Å². The maximum absolute atomic E-state index is 12.0. The van der Waals surface area contributed by atoms with Crippen LogP contribution in [0.5, 0.6) is 0 Å². The molecule has 2 aromatic heterocycles. The molecule has 2 N–H and O–H groups in total. The highest BCUT2D eigenvalue weighted by atomic mass is 32.1. The average Bonchev–Trinajstić information content (AvgIpc) is 2.89. The summed E-state index contributed by atoms with van der Waals surface area (Å²) >= 11 is 1.37. The number of pyridine rings is 1. The van der Waals surface area contributed by atoms with Crippen molar-refractivity contribution >= 4 is 38.6 Å². The van der Waals surface area contributed by atoms with Crippen molar-refractivity contribution in [3.63, 3.8) is 0 Å². The molecular formula is C14H9N3O3S. The number of rotatable bonds is 3. The van der Waals surface area contributed by atoms with E-state index in [2.05, 4.69) is 15.3 Å². The van der Waals surface area contributed by atoms with Crippen LogP contribution in [0.15, 0.2) is 42.6 Å². The van der Waals surface area contributed by atoms with Crippen LogP contribution in [0.2, 0.25) is 0 Å². The molecule has 3 rings (SSSR count). The van der Waals surface area contributed by atoms with E-state index in [-0.39, 0.29) is 17.2 Å². The molecule has 0 bridgehead atoms. The highest BCUT2D eigenvalue weighted by Crippen LogP contribution is 2.25. The number of benzene rings is 1. The molecule has 0 fully saturated rings. The van der Waals surface area contributed by atoms with E-state index in [1.165, 1.54) is 29.7 Å². The van der Waals surface area contributed by atoms with Gasteiger partial charge in [-0.05, 0) is 24.3 Å². The number of nitrogens with one attached hydrogen (secondary N) is 1. The van der Waals surface area contributed by atoms with Crippen LogP contribution in [-0.4, -0.2) is 27.0 Å². The van der Waals surface area contributed by atoms with Gasteiger partial charge in [0.2, 0.25) is 0 Å². The van der Waals surface area contributed by atoms with E-state index >= 15 is 0 Å². The Balaban J connectivity index is 1.80. The summed E-state index contributed by atoms with van der Waals surface area (Å²) in [7, 11) is 0. The minimum Gasteiger partial charge on any atom is -0.477 e. The molecule has 7 heteroatoms. The van der Waals surface area contributed by atoms with E-state index in [0.29, 0.717) is 5.13 Å². The minimum absolute atomic E-state index is 0.105. The SMILES string of the molecule is O=C(Nc1nc2ccccc2s1)c1ccc(C(=O)O)nc1. The minimum atomic E-state index is -1.13. The van der Waals surface area contributed by atoms with Gasteiger partial charge in [-0.2, -0.15) is 0 Å². The molecule has 0 spiro atoms. The fourth-order valence-electron chi connectivity index (χ4n) is 1.75. The molecule has 0 aliphatic rings. The molecule has 0 saturated carbocycles. The Kier molecular flexibility index (Phi) is 3.33. The molecule has 0 saturated heterocycles. The maximum atomic E-state index is 12.0. The number of para-hydroxylation sites is 1. The molecule has 3 aromatic rings. The van der Waals surface area contributed by atoms with Gasteiger partial charge in [-0.3, -0.25) is 10.1 Å². The number of nitrogens with zero attached hydrogens (tertiary/aromatic N) is 2. The summed E-state index contributed by atoms with van der Waals surface area (Å²) in [5.74, 6) is -1.51. The highest BCUT2D eigenvalue weighted by Gasteiger charge is 2.11.